The van der Waals surface area contributed by atoms with Gasteiger partial charge in [0.1, 0.15) is 0 Å². The Balaban J connectivity index is 1.81. The second kappa shape index (κ2) is 6.15. The number of benzene rings is 2. The lowest BCUT2D eigenvalue weighted by atomic mass is 10.1. The molecule has 0 fully saturated rings. The van der Waals surface area contributed by atoms with Crippen molar-refractivity contribution in [1.82, 2.24) is 4.98 Å². The number of H-pyrrole nitrogens is 1. The van der Waals surface area contributed by atoms with Crippen molar-refractivity contribution >= 4 is 34.1 Å². The molecule has 23 heavy (non-hydrogen) atoms. The maximum absolute atomic E-state index is 12.3. The average Bonchev–Trinajstić information content (AvgIpc) is 2.84. The van der Waals surface area contributed by atoms with E-state index in [0.717, 1.165) is 22.2 Å². The van der Waals surface area contributed by atoms with Crippen LogP contribution in [0, 0.1) is 18.3 Å². The number of nitrogens with zero attached hydrogens (tertiary/aromatic N) is 1. The number of rotatable bonds is 3. The molecule has 0 unspecified atom stereocenters. The Morgan fingerprint density at radius 2 is 2.00 bits per heavy atom. The van der Waals surface area contributed by atoms with Gasteiger partial charge in [0, 0.05) is 27.3 Å². The Morgan fingerprint density at radius 3 is 2.70 bits per heavy atom. The third-order valence-electron chi connectivity index (χ3n) is 3.72. The Kier molecular flexibility index (Phi) is 4.05. The van der Waals surface area contributed by atoms with Crippen molar-refractivity contribution in [2.24, 2.45) is 0 Å². The number of carbonyl (C=O) groups is 1. The maximum Gasteiger partial charge on any atom is 0.228 e. The minimum Gasteiger partial charge on any atom is -0.358 e. The fraction of sp³-hybridized carbons (Fsp3) is 0.111. The first-order chi connectivity index (χ1) is 11.1. The molecule has 1 aromatic heterocycles. The van der Waals surface area contributed by atoms with Gasteiger partial charge in [-0.05, 0) is 55.0 Å². The molecule has 0 aliphatic rings. The highest BCUT2D eigenvalue weighted by Crippen LogP contribution is 2.26. The van der Waals surface area contributed by atoms with Gasteiger partial charge in [-0.15, -0.1) is 0 Å². The van der Waals surface area contributed by atoms with E-state index in [9.17, 15) is 4.79 Å². The number of aryl methyl sites for hydroxylation is 1. The lowest BCUT2D eigenvalue weighted by Crippen LogP contribution is -2.14. The van der Waals surface area contributed by atoms with Gasteiger partial charge in [-0.25, -0.2) is 0 Å². The van der Waals surface area contributed by atoms with Crippen LogP contribution >= 0.6 is 11.6 Å². The molecule has 0 atom stereocenters. The summed E-state index contributed by atoms with van der Waals surface area (Å²) in [5.41, 5.74) is 4.09. The highest BCUT2D eigenvalue weighted by Gasteiger charge is 2.13. The smallest absolute Gasteiger partial charge is 0.228 e. The molecule has 1 heterocycles. The Labute approximate surface area is 138 Å². The Bertz CT molecular complexity index is 920. The van der Waals surface area contributed by atoms with Gasteiger partial charge in [-0.2, -0.15) is 5.26 Å². The average molecular weight is 324 g/mol. The number of nitriles is 1. The lowest BCUT2D eigenvalue weighted by Gasteiger charge is -2.06. The first-order valence-corrected chi connectivity index (χ1v) is 7.51. The number of halogens is 1. The zero-order valence-corrected chi connectivity index (χ0v) is 13.2. The predicted molar refractivity (Wildman–Crippen MR) is 91.5 cm³/mol. The van der Waals surface area contributed by atoms with Crippen molar-refractivity contribution < 1.29 is 4.79 Å². The normalized spacial score (nSPS) is 10.5. The van der Waals surface area contributed by atoms with Gasteiger partial charge in [0.05, 0.1) is 18.1 Å². The van der Waals surface area contributed by atoms with Crippen LogP contribution in [-0.2, 0) is 11.2 Å². The summed E-state index contributed by atoms with van der Waals surface area (Å²) in [7, 11) is 0. The quantitative estimate of drug-likeness (QED) is 0.759. The molecule has 114 valence electrons. The second-order valence-corrected chi connectivity index (χ2v) is 5.77. The molecule has 0 aliphatic heterocycles. The fourth-order valence-corrected chi connectivity index (χ4v) is 2.75. The van der Waals surface area contributed by atoms with Gasteiger partial charge < -0.3 is 10.3 Å². The van der Waals surface area contributed by atoms with Crippen molar-refractivity contribution in [2.75, 3.05) is 5.32 Å². The highest BCUT2D eigenvalue weighted by atomic mass is 35.5. The molecule has 0 saturated heterocycles. The maximum atomic E-state index is 12.3. The van der Waals surface area contributed by atoms with Crippen LogP contribution < -0.4 is 5.32 Å². The molecule has 1 amide bonds. The van der Waals surface area contributed by atoms with Crippen LogP contribution in [0.3, 0.4) is 0 Å². The van der Waals surface area contributed by atoms with Crippen molar-refractivity contribution in [3.63, 3.8) is 0 Å². The van der Waals surface area contributed by atoms with Crippen molar-refractivity contribution in [2.45, 2.75) is 13.3 Å². The number of anilines is 1. The zero-order valence-electron chi connectivity index (χ0n) is 12.5. The van der Waals surface area contributed by atoms with Crippen molar-refractivity contribution in [3.8, 4) is 6.07 Å². The van der Waals surface area contributed by atoms with E-state index >= 15 is 0 Å². The Morgan fingerprint density at radius 1 is 1.26 bits per heavy atom. The summed E-state index contributed by atoms with van der Waals surface area (Å²) in [6.07, 6.45) is 0.256. The molecule has 2 aromatic carbocycles. The predicted octanol–water partition coefficient (Wildman–Crippen LogP) is 4.18. The summed E-state index contributed by atoms with van der Waals surface area (Å²) in [6.45, 7) is 1.94. The molecule has 0 bridgehead atoms. The summed E-state index contributed by atoms with van der Waals surface area (Å²) in [4.78, 5) is 15.6. The van der Waals surface area contributed by atoms with Crippen LogP contribution in [0.4, 0.5) is 5.69 Å². The van der Waals surface area contributed by atoms with E-state index in [1.165, 1.54) is 0 Å². The molecular weight excluding hydrogens is 310 g/mol. The van der Waals surface area contributed by atoms with Gasteiger partial charge in [0.2, 0.25) is 5.91 Å². The lowest BCUT2D eigenvalue weighted by molar-refractivity contribution is -0.115. The van der Waals surface area contributed by atoms with E-state index in [2.05, 4.69) is 10.3 Å². The summed E-state index contributed by atoms with van der Waals surface area (Å²) in [5.74, 6) is -0.112. The zero-order chi connectivity index (χ0) is 16.4. The van der Waals surface area contributed by atoms with Gasteiger partial charge >= 0.3 is 0 Å². The van der Waals surface area contributed by atoms with Crippen LogP contribution in [0.25, 0.3) is 10.9 Å². The molecule has 0 spiro atoms. The number of aromatic nitrogens is 1. The van der Waals surface area contributed by atoms with Crippen LogP contribution in [0.5, 0.6) is 0 Å². The number of nitrogens with one attached hydrogen (secondary N) is 2. The number of amides is 1. The van der Waals surface area contributed by atoms with Gasteiger partial charge in [-0.1, -0.05) is 11.6 Å². The second-order valence-electron chi connectivity index (χ2n) is 5.33. The van der Waals surface area contributed by atoms with E-state index in [1.54, 1.807) is 24.3 Å². The Hall–Kier alpha value is -2.77. The SMILES string of the molecule is Cc1[nH]c2ccc(Cl)cc2c1CC(=O)Nc1ccc(C#N)cc1. The van der Waals surface area contributed by atoms with Crippen LogP contribution in [0.2, 0.25) is 5.02 Å². The molecule has 5 heteroatoms. The topological polar surface area (TPSA) is 68.7 Å². The number of aromatic amines is 1. The van der Waals surface area contributed by atoms with E-state index in [4.69, 9.17) is 16.9 Å². The van der Waals surface area contributed by atoms with E-state index in [-0.39, 0.29) is 12.3 Å². The minimum absolute atomic E-state index is 0.112. The first-order valence-electron chi connectivity index (χ1n) is 7.13. The molecular formula is C18H14ClN3O. The summed E-state index contributed by atoms with van der Waals surface area (Å²) in [6, 6.07) is 14.4. The molecule has 0 radical (unpaired) electrons. The largest absolute Gasteiger partial charge is 0.358 e. The van der Waals surface area contributed by atoms with E-state index in [1.807, 2.05) is 31.2 Å². The number of hydrogen-bond donors (Lipinski definition) is 2. The fourth-order valence-electron chi connectivity index (χ4n) is 2.58. The van der Waals surface area contributed by atoms with Crippen LogP contribution in [-0.4, -0.2) is 10.9 Å². The van der Waals surface area contributed by atoms with E-state index in [0.29, 0.717) is 16.3 Å². The monoisotopic (exact) mass is 323 g/mol. The van der Waals surface area contributed by atoms with E-state index < -0.39 is 0 Å². The molecule has 0 aliphatic carbocycles. The number of carbonyl (C=O) groups excluding carboxylic acids is 1. The summed E-state index contributed by atoms with van der Waals surface area (Å²) < 4.78 is 0. The van der Waals surface area contributed by atoms with Crippen molar-refractivity contribution in [1.29, 1.82) is 5.26 Å². The molecule has 3 aromatic rings. The molecule has 4 nitrogen and oxygen atoms in total. The summed E-state index contributed by atoms with van der Waals surface area (Å²) >= 11 is 6.05. The molecule has 0 saturated carbocycles. The summed E-state index contributed by atoms with van der Waals surface area (Å²) in [5, 5.41) is 13.2. The van der Waals surface area contributed by atoms with Crippen molar-refractivity contribution in [3.05, 3.63) is 64.3 Å². The van der Waals surface area contributed by atoms with Gasteiger partial charge in [0.25, 0.3) is 0 Å². The third kappa shape index (κ3) is 3.20. The van der Waals surface area contributed by atoms with Crippen LogP contribution in [0.15, 0.2) is 42.5 Å². The first kappa shape index (κ1) is 15.1. The van der Waals surface area contributed by atoms with Crippen LogP contribution in [0.1, 0.15) is 16.8 Å². The number of hydrogen-bond acceptors (Lipinski definition) is 2. The highest BCUT2D eigenvalue weighted by molar-refractivity contribution is 6.31. The standard InChI is InChI=1S/C18H14ClN3O/c1-11-15(16-8-13(19)4-7-17(16)21-11)9-18(23)22-14-5-2-12(10-20)3-6-14/h2-8,21H,9H2,1H3,(H,22,23). The van der Waals surface area contributed by atoms with Gasteiger partial charge in [-0.3, -0.25) is 4.79 Å². The molecule has 3 rings (SSSR count). The third-order valence-corrected chi connectivity index (χ3v) is 3.95. The molecule has 2 N–H and O–H groups in total. The van der Waals surface area contributed by atoms with Gasteiger partial charge in [0.15, 0.2) is 0 Å². The number of fused-ring (bicyclic) bond motifs is 1. The minimum atomic E-state index is -0.112.